The van der Waals surface area contributed by atoms with Crippen LogP contribution in [-0.4, -0.2) is 37.3 Å². The van der Waals surface area contributed by atoms with Crippen LogP contribution in [0, 0.1) is 5.92 Å². The number of hydrogen-bond donors (Lipinski definition) is 1. The standard InChI is InChI=1S/C19H19N3O2S2/c1-24-13-7-8-17-15(9-13)21-19(26-17)22-10-12(11-22)18(23)20-14-5-3-4-6-16(14)25-2/h3-9,12H,10-11H2,1-2H3,(H,20,23). The molecule has 26 heavy (non-hydrogen) atoms. The van der Waals surface area contributed by atoms with Gasteiger partial charge in [-0.1, -0.05) is 23.5 Å². The summed E-state index contributed by atoms with van der Waals surface area (Å²) in [7, 11) is 1.66. The first-order valence-electron chi connectivity index (χ1n) is 8.31. The van der Waals surface area contributed by atoms with Crippen molar-refractivity contribution in [2.24, 2.45) is 5.92 Å². The Kier molecular flexibility index (Phi) is 4.74. The Labute approximate surface area is 160 Å². The van der Waals surface area contributed by atoms with Gasteiger partial charge in [0.05, 0.1) is 28.9 Å². The largest absolute Gasteiger partial charge is 0.497 e. The van der Waals surface area contributed by atoms with Crippen molar-refractivity contribution in [3.63, 3.8) is 0 Å². The molecule has 3 aromatic rings. The summed E-state index contributed by atoms with van der Waals surface area (Å²) in [6, 6.07) is 13.8. The first kappa shape index (κ1) is 17.2. The van der Waals surface area contributed by atoms with Crippen LogP contribution in [-0.2, 0) is 4.79 Å². The van der Waals surface area contributed by atoms with Crippen molar-refractivity contribution in [2.45, 2.75) is 4.90 Å². The highest BCUT2D eigenvalue weighted by Gasteiger charge is 2.34. The van der Waals surface area contributed by atoms with Crippen molar-refractivity contribution >= 4 is 50.0 Å². The number of fused-ring (bicyclic) bond motifs is 1. The van der Waals surface area contributed by atoms with E-state index in [0.717, 1.165) is 31.7 Å². The Morgan fingerprint density at radius 2 is 2.12 bits per heavy atom. The zero-order valence-corrected chi connectivity index (χ0v) is 16.2. The van der Waals surface area contributed by atoms with Gasteiger partial charge in [0.25, 0.3) is 0 Å². The molecule has 0 unspecified atom stereocenters. The number of ether oxygens (including phenoxy) is 1. The Morgan fingerprint density at radius 1 is 1.31 bits per heavy atom. The quantitative estimate of drug-likeness (QED) is 0.670. The molecule has 134 valence electrons. The summed E-state index contributed by atoms with van der Waals surface area (Å²) in [5.74, 6) is 0.875. The number of thioether (sulfide) groups is 1. The second kappa shape index (κ2) is 7.17. The third kappa shape index (κ3) is 3.24. The highest BCUT2D eigenvalue weighted by molar-refractivity contribution is 7.98. The maximum atomic E-state index is 12.5. The molecular formula is C19H19N3O2S2. The molecule has 0 atom stereocenters. The van der Waals surface area contributed by atoms with E-state index >= 15 is 0 Å². The number of aromatic nitrogens is 1. The monoisotopic (exact) mass is 385 g/mol. The highest BCUT2D eigenvalue weighted by Crippen LogP contribution is 2.35. The average molecular weight is 386 g/mol. The minimum Gasteiger partial charge on any atom is -0.497 e. The lowest BCUT2D eigenvalue weighted by Crippen LogP contribution is -2.52. The second-order valence-electron chi connectivity index (χ2n) is 6.12. The molecule has 4 rings (SSSR count). The predicted octanol–water partition coefficient (Wildman–Crippen LogP) is 4.10. The molecule has 7 heteroatoms. The number of benzene rings is 2. The SMILES string of the molecule is COc1ccc2sc(N3CC(C(=O)Nc4ccccc4SC)C3)nc2c1. The molecule has 1 N–H and O–H groups in total. The van der Waals surface area contributed by atoms with E-state index in [1.807, 2.05) is 48.7 Å². The fourth-order valence-electron chi connectivity index (χ4n) is 2.94. The molecule has 1 saturated heterocycles. The van der Waals surface area contributed by atoms with Crippen molar-refractivity contribution < 1.29 is 9.53 Å². The maximum Gasteiger partial charge on any atom is 0.231 e. The number of para-hydroxylation sites is 1. The van der Waals surface area contributed by atoms with Crippen molar-refractivity contribution in [3.8, 4) is 5.75 Å². The molecule has 0 saturated carbocycles. The van der Waals surface area contributed by atoms with E-state index in [9.17, 15) is 4.79 Å². The van der Waals surface area contributed by atoms with Gasteiger partial charge < -0.3 is 15.0 Å². The van der Waals surface area contributed by atoms with Gasteiger partial charge in [-0.25, -0.2) is 4.98 Å². The number of hydrogen-bond acceptors (Lipinski definition) is 6. The van der Waals surface area contributed by atoms with Crippen LogP contribution < -0.4 is 15.0 Å². The van der Waals surface area contributed by atoms with E-state index in [0.29, 0.717) is 13.1 Å². The lowest BCUT2D eigenvalue weighted by Gasteiger charge is -2.38. The first-order valence-corrected chi connectivity index (χ1v) is 10.4. The van der Waals surface area contributed by atoms with Crippen LogP contribution in [0.3, 0.4) is 0 Å². The van der Waals surface area contributed by atoms with Gasteiger partial charge in [-0.2, -0.15) is 0 Å². The number of carbonyl (C=O) groups is 1. The number of rotatable bonds is 5. The minimum absolute atomic E-state index is 0.00791. The van der Waals surface area contributed by atoms with E-state index in [1.165, 1.54) is 0 Å². The Bertz CT molecular complexity index is 951. The summed E-state index contributed by atoms with van der Waals surface area (Å²) in [5, 5.41) is 4.02. The molecule has 1 aliphatic rings. The molecule has 0 spiro atoms. The summed E-state index contributed by atoms with van der Waals surface area (Å²) in [4.78, 5) is 20.4. The predicted molar refractivity (Wildman–Crippen MR) is 109 cm³/mol. The number of anilines is 2. The number of thiazole rings is 1. The summed E-state index contributed by atoms with van der Waals surface area (Å²) in [5.41, 5.74) is 1.82. The molecule has 0 aliphatic carbocycles. The van der Waals surface area contributed by atoms with Gasteiger partial charge in [0, 0.05) is 24.1 Å². The summed E-state index contributed by atoms with van der Waals surface area (Å²) < 4.78 is 6.38. The normalized spacial score (nSPS) is 14.3. The second-order valence-corrected chi connectivity index (χ2v) is 7.98. The van der Waals surface area contributed by atoms with Crippen molar-refractivity contribution in [1.29, 1.82) is 0 Å². The van der Waals surface area contributed by atoms with Gasteiger partial charge in [0.2, 0.25) is 5.91 Å². The fourth-order valence-corrected chi connectivity index (χ4v) is 4.46. The summed E-state index contributed by atoms with van der Waals surface area (Å²) >= 11 is 3.28. The van der Waals surface area contributed by atoms with Gasteiger partial charge in [-0.05, 0) is 30.5 Å². The molecule has 2 aromatic carbocycles. The minimum atomic E-state index is -0.00791. The molecule has 1 aliphatic heterocycles. The molecule has 0 radical (unpaired) electrons. The van der Waals surface area contributed by atoms with Crippen molar-refractivity contribution in [3.05, 3.63) is 42.5 Å². The molecule has 2 heterocycles. The van der Waals surface area contributed by atoms with E-state index in [4.69, 9.17) is 4.74 Å². The molecule has 1 amide bonds. The van der Waals surface area contributed by atoms with E-state index in [2.05, 4.69) is 15.2 Å². The van der Waals surface area contributed by atoms with Crippen molar-refractivity contribution in [1.82, 2.24) is 4.98 Å². The van der Waals surface area contributed by atoms with E-state index in [1.54, 1.807) is 30.2 Å². The molecule has 5 nitrogen and oxygen atoms in total. The van der Waals surface area contributed by atoms with Crippen LogP contribution in [0.25, 0.3) is 10.2 Å². The van der Waals surface area contributed by atoms with Gasteiger partial charge in [-0.15, -0.1) is 11.8 Å². The smallest absolute Gasteiger partial charge is 0.231 e. The number of carbonyl (C=O) groups excluding carboxylic acids is 1. The molecular weight excluding hydrogens is 366 g/mol. The first-order chi connectivity index (χ1) is 12.7. The fraction of sp³-hybridized carbons (Fsp3) is 0.263. The molecule has 1 aromatic heterocycles. The van der Waals surface area contributed by atoms with Gasteiger partial charge >= 0.3 is 0 Å². The molecule has 1 fully saturated rings. The zero-order chi connectivity index (χ0) is 18.1. The topological polar surface area (TPSA) is 54.5 Å². The Morgan fingerprint density at radius 3 is 2.88 bits per heavy atom. The number of nitrogens with one attached hydrogen (secondary N) is 1. The Hall–Kier alpha value is -2.25. The number of nitrogens with zero attached hydrogens (tertiary/aromatic N) is 2. The van der Waals surface area contributed by atoms with Crippen LogP contribution in [0.15, 0.2) is 47.4 Å². The molecule has 0 bridgehead atoms. The van der Waals surface area contributed by atoms with E-state index < -0.39 is 0 Å². The zero-order valence-electron chi connectivity index (χ0n) is 14.6. The van der Waals surface area contributed by atoms with Crippen LogP contribution in [0.1, 0.15) is 0 Å². The van der Waals surface area contributed by atoms with Crippen LogP contribution in [0.2, 0.25) is 0 Å². The van der Waals surface area contributed by atoms with Gasteiger partial charge in [0.15, 0.2) is 5.13 Å². The number of methoxy groups -OCH3 is 1. The van der Waals surface area contributed by atoms with E-state index in [-0.39, 0.29) is 11.8 Å². The Balaban J connectivity index is 1.41. The summed E-state index contributed by atoms with van der Waals surface area (Å²) in [6.07, 6.45) is 2.01. The third-order valence-corrected chi connectivity index (χ3v) is 6.36. The lowest BCUT2D eigenvalue weighted by atomic mass is 10.00. The third-order valence-electron chi connectivity index (χ3n) is 4.47. The van der Waals surface area contributed by atoms with Crippen molar-refractivity contribution in [2.75, 3.05) is 36.7 Å². The van der Waals surface area contributed by atoms with Crippen LogP contribution in [0.4, 0.5) is 10.8 Å². The summed E-state index contributed by atoms with van der Waals surface area (Å²) in [6.45, 7) is 1.40. The van der Waals surface area contributed by atoms with Gasteiger partial charge in [-0.3, -0.25) is 4.79 Å². The van der Waals surface area contributed by atoms with Crippen LogP contribution >= 0.6 is 23.1 Å². The van der Waals surface area contributed by atoms with Crippen LogP contribution in [0.5, 0.6) is 5.75 Å². The average Bonchev–Trinajstić information content (AvgIpc) is 3.03. The highest BCUT2D eigenvalue weighted by atomic mass is 32.2. The van der Waals surface area contributed by atoms with Gasteiger partial charge in [0.1, 0.15) is 5.75 Å². The maximum absolute atomic E-state index is 12.5. The lowest BCUT2D eigenvalue weighted by molar-refractivity contribution is -0.120. The number of amides is 1.